The van der Waals surface area contributed by atoms with Gasteiger partial charge >= 0.3 is 0 Å². The van der Waals surface area contributed by atoms with Gasteiger partial charge in [-0.25, -0.2) is 22.2 Å². The zero-order valence-electron chi connectivity index (χ0n) is 17.2. The SMILES string of the molecule is CCCS(=O)(=O)NC1CCN(C(=O)C(Cc2cccc(F)c2)n2nnnc2C)CC1. The Bertz CT molecular complexity index is 972. The fourth-order valence-corrected chi connectivity index (χ4v) is 5.10. The number of tetrazole rings is 1. The first-order valence-electron chi connectivity index (χ1n) is 10.1. The number of carbonyl (C=O) groups is 1. The highest BCUT2D eigenvalue weighted by Gasteiger charge is 2.32. The molecule has 1 aromatic carbocycles. The van der Waals surface area contributed by atoms with Crippen molar-refractivity contribution in [1.29, 1.82) is 0 Å². The lowest BCUT2D eigenvalue weighted by atomic mass is 10.0. The molecule has 1 saturated heterocycles. The van der Waals surface area contributed by atoms with Gasteiger partial charge in [0.15, 0.2) is 0 Å². The Hall–Kier alpha value is -2.40. The number of hydrogen-bond acceptors (Lipinski definition) is 6. The van der Waals surface area contributed by atoms with Crippen molar-refractivity contribution in [3.8, 4) is 0 Å². The molecule has 1 aliphatic heterocycles. The summed E-state index contributed by atoms with van der Waals surface area (Å²) in [5.41, 5.74) is 0.672. The molecule has 0 spiro atoms. The number of halogens is 1. The van der Waals surface area contributed by atoms with Crippen LogP contribution in [0.1, 0.15) is 43.6 Å². The molecule has 1 N–H and O–H groups in total. The molecule has 30 heavy (non-hydrogen) atoms. The normalized spacial score (nSPS) is 16.6. The minimum absolute atomic E-state index is 0.0976. The highest BCUT2D eigenvalue weighted by atomic mass is 32.2. The zero-order valence-corrected chi connectivity index (χ0v) is 18.0. The first kappa shape index (κ1) is 22.3. The van der Waals surface area contributed by atoms with Gasteiger partial charge < -0.3 is 4.90 Å². The predicted molar refractivity (Wildman–Crippen MR) is 109 cm³/mol. The third-order valence-electron chi connectivity index (χ3n) is 5.18. The van der Waals surface area contributed by atoms with Gasteiger partial charge in [-0.15, -0.1) is 5.10 Å². The number of benzene rings is 1. The first-order valence-corrected chi connectivity index (χ1v) is 11.7. The number of aromatic nitrogens is 4. The van der Waals surface area contributed by atoms with Crippen LogP contribution in [0.3, 0.4) is 0 Å². The molecule has 2 aromatic rings. The van der Waals surface area contributed by atoms with Crippen molar-refractivity contribution in [2.24, 2.45) is 0 Å². The van der Waals surface area contributed by atoms with Crippen LogP contribution in [0.2, 0.25) is 0 Å². The molecule has 2 heterocycles. The fourth-order valence-electron chi connectivity index (χ4n) is 3.70. The Kier molecular flexibility index (Phi) is 7.14. The van der Waals surface area contributed by atoms with Gasteiger partial charge in [-0.2, -0.15) is 0 Å². The van der Waals surface area contributed by atoms with E-state index in [9.17, 15) is 17.6 Å². The van der Waals surface area contributed by atoms with Crippen LogP contribution in [0.15, 0.2) is 24.3 Å². The number of rotatable bonds is 8. The Labute approximate surface area is 175 Å². The van der Waals surface area contributed by atoms with Gasteiger partial charge in [0.1, 0.15) is 17.7 Å². The van der Waals surface area contributed by atoms with Crippen molar-refractivity contribution in [2.75, 3.05) is 18.8 Å². The van der Waals surface area contributed by atoms with Crippen molar-refractivity contribution in [3.63, 3.8) is 0 Å². The molecule has 1 unspecified atom stereocenters. The van der Waals surface area contributed by atoms with Crippen LogP contribution in [-0.2, 0) is 21.2 Å². The molecule has 1 aromatic heterocycles. The average molecular weight is 439 g/mol. The summed E-state index contributed by atoms with van der Waals surface area (Å²) in [5, 5.41) is 11.5. The van der Waals surface area contributed by atoms with Crippen LogP contribution in [0.25, 0.3) is 0 Å². The molecule has 0 aliphatic carbocycles. The highest BCUT2D eigenvalue weighted by Crippen LogP contribution is 2.21. The second kappa shape index (κ2) is 9.61. The van der Waals surface area contributed by atoms with Gasteiger partial charge in [0.05, 0.1) is 5.75 Å². The lowest BCUT2D eigenvalue weighted by Gasteiger charge is -2.34. The number of amides is 1. The van der Waals surface area contributed by atoms with Gasteiger partial charge in [0.2, 0.25) is 15.9 Å². The molecule has 1 amide bonds. The smallest absolute Gasteiger partial charge is 0.247 e. The van der Waals surface area contributed by atoms with Crippen LogP contribution in [0, 0.1) is 12.7 Å². The average Bonchev–Trinajstić information content (AvgIpc) is 3.11. The Morgan fingerprint density at radius 2 is 2.07 bits per heavy atom. The van der Waals surface area contributed by atoms with Gasteiger partial charge in [-0.3, -0.25) is 4.79 Å². The summed E-state index contributed by atoms with van der Waals surface area (Å²) in [7, 11) is -3.29. The molecule has 164 valence electrons. The minimum Gasteiger partial charge on any atom is -0.341 e. The van der Waals surface area contributed by atoms with Crippen molar-refractivity contribution < 1.29 is 17.6 Å². The van der Waals surface area contributed by atoms with E-state index in [2.05, 4.69) is 20.2 Å². The molecule has 3 rings (SSSR count). The maximum Gasteiger partial charge on any atom is 0.247 e. The second-order valence-corrected chi connectivity index (χ2v) is 9.43. The highest BCUT2D eigenvalue weighted by molar-refractivity contribution is 7.89. The van der Waals surface area contributed by atoms with E-state index in [1.807, 2.05) is 6.92 Å². The molecule has 9 nitrogen and oxygen atoms in total. The van der Waals surface area contributed by atoms with Gasteiger partial charge in [-0.1, -0.05) is 19.1 Å². The maximum atomic E-state index is 13.6. The van der Waals surface area contributed by atoms with E-state index in [-0.39, 0.29) is 29.9 Å². The van der Waals surface area contributed by atoms with Gasteiger partial charge in [0, 0.05) is 25.6 Å². The van der Waals surface area contributed by atoms with E-state index < -0.39 is 16.1 Å². The third-order valence-corrected chi connectivity index (χ3v) is 6.82. The number of carbonyl (C=O) groups excluding carboxylic acids is 1. The van der Waals surface area contributed by atoms with Crippen LogP contribution < -0.4 is 4.72 Å². The fraction of sp³-hybridized carbons (Fsp3) is 0.579. The van der Waals surface area contributed by atoms with E-state index in [0.717, 1.165) is 0 Å². The molecule has 0 bridgehead atoms. The number of nitrogens with zero attached hydrogens (tertiary/aromatic N) is 5. The largest absolute Gasteiger partial charge is 0.341 e. The van der Waals surface area contributed by atoms with Gasteiger partial charge in [0.25, 0.3) is 0 Å². The molecule has 1 atom stereocenters. The summed E-state index contributed by atoms with van der Waals surface area (Å²) in [4.78, 5) is 15.0. The zero-order chi connectivity index (χ0) is 21.7. The summed E-state index contributed by atoms with van der Waals surface area (Å²) in [6, 6.07) is 5.24. The van der Waals surface area contributed by atoms with E-state index in [4.69, 9.17) is 0 Å². The van der Waals surface area contributed by atoms with E-state index in [1.54, 1.807) is 24.0 Å². The molecule has 0 radical (unpaired) electrons. The topological polar surface area (TPSA) is 110 Å². The molecule has 0 saturated carbocycles. The first-order chi connectivity index (χ1) is 14.3. The molecule has 11 heteroatoms. The Balaban J connectivity index is 1.71. The number of likely N-dealkylation sites (tertiary alicyclic amines) is 1. The lowest BCUT2D eigenvalue weighted by molar-refractivity contribution is -0.136. The van der Waals surface area contributed by atoms with Crippen molar-refractivity contribution in [2.45, 2.75) is 51.6 Å². The number of nitrogens with one attached hydrogen (secondary N) is 1. The summed E-state index contributed by atoms with van der Waals surface area (Å²) < 4.78 is 41.8. The van der Waals surface area contributed by atoms with Crippen LogP contribution in [-0.4, -0.2) is 64.3 Å². The Morgan fingerprint density at radius 1 is 1.33 bits per heavy atom. The number of aryl methyl sites for hydroxylation is 1. The standard InChI is InChI=1S/C19H27FN6O3S/c1-3-11-30(28,29)22-17-7-9-25(10-8-17)19(27)18(26-14(2)21-23-24-26)13-15-5-4-6-16(20)12-15/h4-6,12,17-18,22H,3,7-11,13H2,1-2H3. The molecular formula is C19H27FN6O3S. The molecular weight excluding hydrogens is 411 g/mol. The monoisotopic (exact) mass is 438 g/mol. The quantitative estimate of drug-likeness (QED) is 0.664. The number of piperidine rings is 1. The third kappa shape index (κ3) is 5.60. The summed E-state index contributed by atoms with van der Waals surface area (Å²) in [6.07, 6.45) is 1.89. The summed E-state index contributed by atoms with van der Waals surface area (Å²) in [5.74, 6) is 0.0595. The minimum atomic E-state index is -3.29. The van der Waals surface area contributed by atoms with E-state index in [1.165, 1.54) is 16.8 Å². The predicted octanol–water partition coefficient (Wildman–Crippen LogP) is 1.22. The van der Waals surface area contributed by atoms with E-state index >= 15 is 0 Å². The van der Waals surface area contributed by atoms with E-state index in [0.29, 0.717) is 43.7 Å². The lowest BCUT2D eigenvalue weighted by Crippen LogP contribution is -2.49. The molecule has 1 aliphatic rings. The van der Waals surface area contributed by atoms with Crippen molar-refractivity contribution in [3.05, 3.63) is 41.5 Å². The van der Waals surface area contributed by atoms with Crippen LogP contribution >= 0.6 is 0 Å². The maximum absolute atomic E-state index is 13.6. The number of hydrogen-bond donors (Lipinski definition) is 1. The Morgan fingerprint density at radius 3 is 2.67 bits per heavy atom. The number of sulfonamides is 1. The molecule has 1 fully saturated rings. The summed E-state index contributed by atoms with van der Waals surface area (Å²) in [6.45, 7) is 4.39. The van der Waals surface area contributed by atoms with Crippen molar-refractivity contribution >= 4 is 15.9 Å². The van der Waals surface area contributed by atoms with Crippen LogP contribution in [0.5, 0.6) is 0 Å². The second-order valence-electron chi connectivity index (χ2n) is 7.56. The van der Waals surface area contributed by atoms with Crippen LogP contribution in [0.4, 0.5) is 4.39 Å². The van der Waals surface area contributed by atoms with Crippen molar-refractivity contribution in [1.82, 2.24) is 29.8 Å². The van der Waals surface area contributed by atoms with Gasteiger partial charge in [-0.05, 0) is 54.3 Å². The summed E-state index contributed by atoms with van der Waals surface area (Å²) >= 11 is 0.